The third-order valence-electron chi connectivity index (χ3n) is 9.10. The molecule has 272 valence electrons. The monoisotopic (exact) mass is 864 g/mol. The summed E-state index contributed by atoms with van der Waals surface area (Å²) in [5.41, 5.74) is 9.85. The summed E-state index contributed by atoms with van der Waals surface area (Å²) < 4.78 is 0. The Bertz CT molecular complexity index is 1950. The van der Waals surface area contributed by atoms with Gasteiger partial charge in [-0.15, -0.1) is 0 Å². The van der Waals surface area contributed by atoms with Crippen molar-refractivity contribution < 1.29 is 0 Å². The lowest BCUT2D eigenvalue weighted by molar-refractivity contribution is 1.43. The Hall–Kier alpha value is -3.44. The van der Waals surface area contributed by atoms with E-state index in [2.05, 4.69) is 194 Å². The van der Waals surface area contributed by atoms with Crippen molar-refractivity contribution in [2.24, 2.45) is 0 Å². The smallest absolute Gasteiger partial charge is 0.0186 e. The minimum absolute atomic E-state index is 1.23. The SMILES string of the molecule is c1cc2ccc1SSc1ccc(cc1)-c1ccc(cc1)SSc1ccc(cc1)-c1ccc(cc1)SSc1ccc(cc1)-c1ccc(cc1)SSc1ccc-2cc1. The second-order valence-electron chi connectivity index (χ2n) is 12.9. The van der Waals surface area contributed by atoms with Crippen LogP contribution in [0.1, 0.15) is 0 Å². The topological polar surface area (TPSA) is 0 Å². The number of hydrogen-bond acceptors (Lipinski definition) is 8. The number of rotatable bonds is 0. The maximum Gasteiger partial charge on any atom is 0.0186 e. The van der Waals surface area contributed by atoms with Gasteiger partial charge in [0.1, 0.15) is 0 Å². The van der Waals surface area contributed by atoms with Gasteiger partial charge in [0, 0.05) is 39.2 Å². The molecule has 0 aliphatic carbocycles. The van der Waals surface area contributed by atoms with E-state index >= 15 is 0 Å². The van der Waals surface area contributed by atoms with E-state index in [1.165, 1.54) is 83.7 Å². The maximum absolute atomic E-state index is 2.22. The highest BCUT2D eigenvalue weighted by molar-refractivity contribution is 8.77. The highest BCUT2D eigenvalue weighted by Gasteiger charge is 2.07. The Labute approximate surface area is 360 Å². The van der Waals surface area contributed by atoms with Crippen LogP contribution in [-0.4, -0.2) is 0 Å². The molecule has 22 aliphatic heterocycles. The summed E-state index contributed by atoms with van der Waals surface area (Å²) in [6, 6.07) is 71.1. The van der Waals surface area contributed by atoms with Gasteiger partial charge in [0.15, 0.2) is 0 Å². The summed E-state index contributed by atoms with van der Waals surface area (Å²) >= 11 is 0. The van der Waals surface area contributed by atoms with Crippen molar-refractivity contribution in [3.63, 3.8) is 0 Å². The van der Waals surface area contributed by atoms with E-state index in [9.17, 15) is 0 Å². The first-order valence-electron chi connectivity index (χ1n) is 17.9. The molecule has 0 aromatic heterocycles. The number of benzene rings is 8. The van der Waals surface area contributed by atoms with Gasteiger partial charge >= 0.3 is 0 Å². The van der Waals surface area contributed by atoms with E-state index in [-0.39, 0.29) is 0 Å². The fourth-order valence-electron chi connectivity index (χ4n) is 6.01. The van der Waals surface area contributed by atoms with Gasteiger partial charge in [-0.1, -0.05) is 183 Å². The Kier molecular flexibility index (Phi) is 12.5. The summed E-state index contributed by atoms with van der Waals surface area (Å²) in [5.74, 6) is 0. The fraction of sp³-hybridized carbons (Fsp3) is 0. The van der Waals surface area contributed by atoms with Crippen LogP contribution in [-0.2, 0) is 0 Å². The zero-order valence-electron chi connectivity index (χ0n) is 29.7. The molecule has 0 saturated heterocycles. The Morgan fingerprint density at radius 1 is 0.125 bits per heavy atom. The lowest BCUT2D eigenvalue weighted by Crippen LogP contribution is -1.80. The average molecular weight is 865 g/mol. The van der Waals surface area contributed by atoms with Crippen molar-refractivity contribution in [3.05, 3.63) is 194 Å². The summed E-state index contributed by atoms with van der Waals surface area (Å²) in [4.78, 5) is 9.95. The Balaban J connectivity index is 0.912. The molecule has 0 radical (unpaired) electrons. The van der Waals surface area contributed by atoms with E-state index in [1.807, 2.05) is 0 Å². The van der Waals surface area contributed by atoms with Crippen LogP contribution in [0.2, 0.25) is 0 Å². The molecule has 30 rings (SSSR count). The van der Waals surface area contributed by atoms with Gasteiger partial charge < -0.3 is 0 Å². The highest BCUT2D eigenvalue weighted by Crippen LogP contribution is 2.43. The summed E-state index contributed by atoms with van der Waals surface area (Å²) in [6.07, 6.45) is 0. The Morgan fingerprint density at radius 3 is 0.304 bits per heavy atom. The standard InChI is InChI=1S/C48H32S8/c1-17-41-18-2-33(1)34-3-19-42(20-4-34)51-52-44-23-7-37(8-24-44)38-11-27-46(28-12-38)55-56-48-31-15-40(16-32-48)39-13-29-47(30-14-39)54-53-45-25-9-36(10-26-45)35-5-21-43(22-6-35)50-49-41/h1-32H. The van der Waals surface area contributed by atoms with Crippen molar-refractivity contribution in [1.29, 1.82) is 0 Å². The summed E-state index contributed by atoms with van der Waals surface area (Å²) in [5, 5.41) is 0. The van der Waals surface area contributed by atoms with Gasteiger partial charge in [-0.25, -0.2) is 0 Å². The van der Waals surface area contributed by atoms with Crippen LogP contribution >= 0.6 is 86.4 Å². The van der Waals surface area contributed by atoms with Crippen LogP contribution < -0.4 is 0 Å². The molecular formula is C48H32S8. The molecule has 16 bridgehead atoms. The molecule has 0 nitrogen and oxygen atoms in total. The average Bonchev–Trinajstić information content (AvgIpc) is 3.27. The number of hydrogen-bond donors (Lipinski definition) is 0. The molecule has 56 heavy (non-hydrogen) atoms. The van der Waals surface area contributed by atoms with Crippen LogP contribution in [0.4, 0.5) is 0 Å². The molecule has 0 unspecified atom stereocenters. The van der Waals surface area contributed by atoms with Crippen LogP contribution in [0.5, 0.6) is 0 Å². The zero-order chi connectivity index (χ0) is 37.5. The second kappa shape index (κ2) is 18.4. The summed E-state index contributed by atoms with van der Waals surface area (Å²) in [7, 11) is 14.4. The first kappa shape index (κ1) is 38.1. The van der Waals surface area contributed by atoms with E-state index < -0.39 is 0 Å². The van der Waals surface area contributed by atoms with E-state index in [0.717, 1.165) is 0 Å². The molecule has 0 N–H and O–H groups in total. The largest absolute Gasteiger partial charge is 0.0532 e. The normalized spacial score (nSPS) is 13.1. The molecule has 8 aromatic rings. The van der Waals surface area contributed by atoms with Crippen molar-refractivity contribution in [2.75, 3.05) is 0 Å². The lowest BCUT2D eigenvalue weighted by Gasteiger charge is -2.08. The molecule has 8 heteroatoms. The third kappa shape index (κ3) is 9.80. The predicted molar refractivity (Wildman–Crippen MR) is 254 cm³/mol. The molecule has 0 fully saturated rings. The van der Waals surface area contributed by atoms with Crippen LogP contribution in [0.15, 0.2) is 233 Å². The van der Waals surface area contributed by atoms with Gasteiger partial charge in [-0.2, -0.15) is 0 Å². The van der Waals surface area contributed by atoms with Gasteiger partial charge in [0.2, 0.25) is 0 Å². The second-order valence-corrected chi connectivity index (χ2v) is 22.0. The van der Waals surface area contributed by atoms with Crippen LogP contribution in [0.3, 0.4) is 0 Å². The molecule has 0 spiro atoms. The minimum Gasteiger partial charge on any atom is -0.0532 e. The van der Waals surface area contributed by atoms with Crippen molar-refractivity contribution in [2.45, 2.75) is 39.2 Å². The zero-order valence-corrected chi connectivity index (χ0v) is 36.3. The molecule has 0 atom stereocenters. The van der Waals surface area contributed by atoms with Crippen LogP contribution in [0, 0.1) is 0 Å². The highest BCUT2D eigenvalue weighted by atomic mass is 33.1. The van der Waals surface area contributed by atoms with Gasteiger partial charge in [0.05, 0.1) is 0 Å². The predicted octanol–water partition coefficient (Wildman–Crippen LogP) is 17.9. The molecule has 22 aliphatic rings. The Morgan fingerprint density at radius 2 is 0.214 bits per heavy atom. The molecule has 22 heterocycles. The quantitative estimate of drug-likeness (QED) is 0.137. The van der Waals surface area contributed by atoms with E-state index in [1.54, 1.807) is 86.4 Å². The third-order valence-corrected chi connectivity index (χ3v) is 18.8. The molecule has 0 amide bonds. The van der Waals surface area contributed by atoms with Gasteiger partial charge in [0.25, 0.3) is 0 Å². The molecular weight excluding hydrogens is 833 g/mol. The van der Waals surface area contributed by atoms with Gasteiger partial charge in [-0.3, -0.25) is 0 Å². The van der Waals surface area contributed by atoms with Crippen molar-refractivity contribution in [1.82, 2.24) is 0 Å². The lowest BCUT2D eigenvalue weighted by atomic mass is 10.1. The van der Waals surface area contributed by atoms with Crippen molar-refractivity contribution >= 4 is 86.4 Å². The maximum atomic E-state index is 2.22. The first-order chi connectivity index (χ1) is 27.7. The molecule has 8 aromatic carbocycles. The van der Waals surface area contributed by atoms with Gasteiger partial charge in [-0.05, 0) is 142 Å². The minimum atomic E-state index is 1.23. The van der Waals surface area contributed by atoms with E-state index in [4.69, 9.17) is 0 Å². The van der Waals surface area contributed by atoms with E-state index in [0.29, 0.717) is 0 Å². The van der Waals surface area contributed by atoms with Crippen molar-refractivity contribution in [3.8, 4) is 44.5 Å². The van der Waals surface area contributed by atoms with Crippen LogP contribution in [0.25, 0.3) is 44.5 Å². The first-order valence-corrected chi connectivity index (χ1v) is 26.5. The molecule has 0 saturated carbocycles. The summed E-state index contributed by atoms with van der Waals surface area (Å²) in [6.45, 7) is 0. The fourth-order valence-corrected chi connectivity index (χ4v) is 13.7.